The molecular formula is C17H24N2O. The zero-order chi connectivity index (χ0) is 14.2. The third-order valence-electron chi connectivity index (χ3n) is 4.79. The van der Waals surface area contributed by atoms with Crippen LogP contribution in [0, 0.1) is 0 Å². The zero-order valence-corrected chi connectivity index (χ0v) is 12.3. The molecule has 1 saturated carbocycles. The lowest BCUT2D eigenvalue weighted by Crippen LogP contribution is -2.38. The van der Waals surface area contributed by atoms with E-state index in [1.165, 1.54) is 12.0 Å². The van der Waals surface area contributed by atoms with Gasteiger partial charge in [0.05, 0.1) is 5.92 Å². The number of nitrogens with two attached hydrogens (primary N) is 1. The molecule has 0 bridgehead atoms. The predicted octanol–water partition coefficient (Wildman–Crippen LogP) is 2.75. The number of piperidine rings is 1. The molecule has 1 unspecified atom stereocenters. The second kappa shape index (κ2) is 5.21. The van der Waals surface area contributed by atoms with Crippen LogP contribution in [0.1, 0.15) is 56.1 Å². The van der Waals surface area contributed by atoms with Crippen LogP contribution in [-0.4, -0.2) is 23.9 Å². The van der Waals surface area contributed by atoms with Gasteiger partial charge in [0, 0.05) is 18.6 Å². The van der Waals surface area contributed by atoms with Gasteiger partial charge in [-0.15, -0.1) is 0 Å². The molecule has 1 aromatic carbocycles. The van der Waals surface area contributed by atoms with Crippen LogP contribution >= 0.6 is 0 Å². The highest BCUT2D eigenvalue weighted by molar-refractivity contribution is 5.84. The Bertz CT molecular complexity index is 501. The summed E-state index contributed by atoms with van der Waals surface area (Å²) in [5.41, 5.74) is 8.49. The zero-order valence-electron chi connectivity index (χ0n) is 12.3. The molecule has 20 heavy (non-hydrogen) atoms. The number of carbonyl (C=O) groups is 1. The average molecular weight is 272 g/mol. The Morgan fingerprint density at radius 3 is 2.50 bits per heavy atom. The number of benzene rings is 1. The number of rotatable bonds is 3. The van der Waals surface area contributed by atoms with Crippen molar-refractivity contribution >= 4 is 5.91 Å². The molecule has 2 aliphatic rings. The van der Waals surface area contributed by atoms with Crippen molar-refractivity contribution in [2.45, 2.75) is 50.5 Å². The van der Waals surface area contributed by atoms with Crippen LogP contribution < -0.4 is 5.73 Å². The third kappa shape index (κ3) is 2.47. The SMILES string of the molecule is CC(C(=O)N1CCCCC1)c1ccccc1C1(N)CC1. The van der Waals surface area contributed by atoms with E-state index in [9.17, 15) is 4.79 Å². The van der Waals surface area contributed by atoms with E-state index in [4.69, 9.17) is 5.73 Å². The topological polar surface area (TPSA) is 46.3 Å². The Morgan fingerprint density at radius 2 is 1.85 bits per heavy atom. The first-order chi connectivity index (χ1) is 9.62. The lowest BCUT2D eigenvalue weighted by Gasteiger charge is -2.30. The normalized spacial score (nSPS) is 22.4. The molecule has 0 spiro atoms. The minimum Gasteiger partial charge on any atom is -0.342 e. The number of carbonyl (C=O) groups excluding carboxylic acids is 1. The minimum absolute atomic E-state index is 0.0784. The molecular weight excluding hydrogens is 248 g/mol. The average Bonchev–Trinajstić information content (AvgIpc) is 3.26. The van der Waals surface area contributed by atoms with Crippen molar-refractivity contribution in [2.75, 3.05) is 13.1 Å². The summed E-state index contributed by atoms with van der Waals surface area (Å²) < 4.78 is 0. The maximum absolute atomic E-state index is 12.7. The molecule has 1 saturated heterocycles. The summed E-state index contributed by atoms with van der Waals surface area (Å²) in [6.45, 7) is 3.86. The van der Waals surface area contributed by atoms with E-state index in [1.54, 1.807) is 0 Å². The van der Waals surface area contributed by atoms with Gasteiger partial charge in [-0.2, -0.15) is 0 Å². The Kier molecular flexibility index (Phi) is 3.55. The largest absolute Gasteiger partial charge is 0.342 e. The van der Waals surface area contributed by atoms with Gasteiger partial charge in [0.25, 0.3) is 0 Å². The standard InChI is InChI=1S/C17H24N2O/c1-13(16(20)19-11-5-2-6-12-19)14-7-3-4-8-15(14)17(18)9-10-17/h3-4,7-8,13H,2,5-6,9-12,18H2,1H3. The van der Waals surface area contributed by atoms with Crippen LogP contribution in [0.3, 0.4) is 0 Å². The van der Waals surface area contributed by atoms with Crippen LogP contribution in [0.5, 0.6) is 0 Å². The fraction of sp³-hybridized carbons (Fsp3) is 0.588. The molecule has 108 valence electrons. The van der Waals surface area contributed by atoms with Crippen molar-refractivity contribution in [3.8, 4) is 0 Å². The Balaban J connectivity index is 1.83. The highest BCUT2D eigenvalue weighted by atomic mass is 16.2. The first-order valence-corrected chi connectivity index (χ1v) is 7.79. The van der Waals surface area contributed by atoms with Gasteiger partial charge in [-0.1, -0.05) is 24.3 Å². The number of nitrogens with zero attached hydrogens (tertiary/aromatic N) is 1. The third-order valence-corrected chi connectivity index (χ3v) is 4.79. The summed E-state index contributed by atoms with van der Waals surface area (Å²) in [5.74, 6) is 0.187. The van der Waals surface area contributed by atoms with Crippen molar-refractivity contribution in [1.29, 1.82) is 0 Å². The fourth-order valence-corrected chi connectivity index (χ4v) is 3.25. The molecule has 1 aliphatic carbocycles. The molecule has 0 aromatic heterocycles. The highest BCUT2D eigenvalue weighted by Gasteiger charge is 2.42. The minimum atomic E-state index is -0.174. The summed E-state index contributed by atoms with van der Waals surface area (Å²) in [5, 5.41) is 0. The van der Waals surface area contributed by atoms with Crippen molar-refractivity contribution in [3.05, 3.63) is 35.4 Å². The van der Waals surface area contributed by atoms with Crippen LogP contribution in [0.15, 0.2) is 24.3 Å². The second-order valence-corrected chi connectivity index (χ2v) is 6.35. The molecule has 2 fully saturated rings. The molecule has 1 heterocycles. The molecule has 3 nitrogen and oxygen atoms in total. The van der Waals surface area contributed by atoms with Gasteiger partial charge in [-0.3, -0.25) is 4.79 Å². The maximum Gasteiger partial charge on any atom is 0.229 e. The molecule has 3 rings (SSSR count). The van der Waals surface area contributed by atoms with Gasteiger partial charge < -0.3 is 10.6 Å². The predicted molar refractivity (Wildman–Crippen MR) is 80.4 cm³/mol. The maximum atomic E-state index is 12.7. The Morgan fingerprint density at radius 1 is 1.20 bits per heavy atom. The van der Waals surface area contributed by atoms with Crippen LogP contribution in [0.4, 0.5) is 0 Å². The van der Waals surface area contributed by atoms with Crippen molar-refractivity contribution in [2.24, 2.45) is 5.73 Å². The molecule has 2 N–H and O–H groups in total. The van der Waals surface area contributed by atoms with E-state index in [0.717, 1.165) is 44.3 Å². The van der Waals surface area contributed by atoms with Gasteiger partial charge in [-0.25, -0.2) is 0 Å². The van der Waals surface area contributed by atoms with Gasteiger partial charge >= 0.3 is 0 Å². The molecule has 1 atom stereocenters. The van der Waals surface area contributed by atoms with Gasteiger partial charge in [-0.05, 0) is 50.2 Å². The lowest BCUT2D eigenvalue weighted by molar-refractivity contribution is -0.133. The molecule has 1 aliphatic heterocycles. The van der Waals surface area contributed by atoms with E-state index < -0.39 is 0 Å². The number of amides is 1. The van der Waals surface area contributed by atoms with Gasteiger partial charge in [0.2, 0.25) is 5.91 Å². The number of likely N-dealkylation sites (tertiary alicyclic amines) is 1. The highest BCUT2D eigenvalue weighted by Crippen LogP contribution is 2.45. The fourth-order valence-electron chi connectivity index (χ4n) is 3.25. The van der Waals surface area contributed by atoms with Crippen LogP contribution in [0.25, 0.3) is 0 Å². The summed E-state index contributed by atoms with van der Waals surface area (Å²) in [4.78, 5) is 14.7. The van der Waals surface area contributed by atoms with E-state index >= 15 is 0 Å². The first-order valence-electron chi connectivity index (χ1n) is 7.79. The van der Waals surface area contributed by atoms with E-state index in [2.05, 4.69) is 12.1 Å². The Labute approximate surface area is 121 Å². The molecule has 0 radical (unpaired) electrons. The quantitative estimate of drug-likeness (QED) is 0.919. The second-order valence-electron chi connectivity index (χ2n) is 6.35. The van der Waals surface area contributed by atoms with E-state index in [0.29, 0.717) is 0 Å². The number of hydrogen-bond acceptors (Lipinski definition) is 2. The smallest absolute Gasteiger partial charge is 0.229 e. The van der Waals surface area contributed by atoms with Crippen molar-refractivity contribution in [3.63, 3.8) is 0 Å². The number of hydrogen-bond donors (Lipinski definition) is 1. The first kappa shape index (κ1) is 13.6. The molecule has 3 heteroatoms. The van der Waals surface area contributed by atoms with Gasteiger partial charge in [0.15, 0.2) is 0 Å². The summed E-state index contributed by atoms with van der Waals surface area (Å²) in [6.07, 6.45) is 5.60. The van der Waals surface area contributed by atoms with Gasteiger partial charge in [0.1, 0.15) is 0 Å². The van der Waals surface area contributed by atoms with E-state index in [-0.39, 0.29) is 17.4 Å². The monoisotopic (exact) mass is 272 g/mol. The summed E-state index contributed by atoms with van der Waals surface area (Å²) in [7, 11) is 0. The van der Waals surface area contributed by atoms with Crippen LogP contribution in [-0.2, 0) is 10.3 Å². The molecule has 1 aromatic rings. The van der Waals surface area contributed by atoms with Crippen molar-refractivity contribution in [1.82, 2.24) is 4.90 Å². The van der Waals surface area contributed by atoms with E-state index in [1.807, 2.05) is 24.0 Å². The summed E-state index contributed by atoms with van der Waals surface area (Å²) in [6, 6.07) is 8.23. The van der Waals surface area contributed by atoms with Crippen LogP contribution in [0.2, 0.25) is 0 Å². The molecule has 1 amide bonds. The Hall–Kier alpha value is -1.35. The summed E-state index contributed by atoms with van der Waals surface area (Å²) >= 11 is 0. The lowest BCUT2D eigenvalue weighted by atomic mass is 9.89. The van der Waals surface area contributed by atoms with Crippen molar-refractivity contribution < 1.29 is 4.79 Å².